The average molecular weight is 297 g/mol. The lowest BCUT2D eigenvalue weighted by molar-refractivity contribution is 0.337. The van der Waals surface area contributed by atoms with Crippen molar-refractivity contribution in [2.24, 2.45) is 0 Å². The minimum Gasteiger partial charge on any atom is -0.384 e. The molecule has 1 aromatic rings. The molecule has 2 nitrogen and oxygen atoms in total. The van der Waals surface area contributed by atoms with Crippen molar-refractivity contribution in [1.82, 2.24) is 4.90 Å². The SMILES string of the molecule is Cc1ccc(Br)c(NCCCN2CCCC2)c1. The molecule has 0 atom stereocenters. The molecule has 0 bridgehead atoms. The van der Waals surface area contributed by atoms with Gasteiger partial charge in [-0.2, -0.15) is 0 Å². The van der Waals surface area contributed by atoms with E-state index in [1.54, 1.807) is 0 Å². The minimum absolute atomic E-state index is 1.05. The van der Waals surface area contributed by atoms with Gasteiger partial charge in [-0.15, -0.1) is 0 Å². The van der Waals surface area contributed by atoms with Crippen molar-refractivity contribution < 1.29 is 0 Å². The summed E-state index contributed by atoms with van der Waals surface area (Å²) in [5.41, 5.74) is 2.52. The summed E-state index contributed by atoms with van der Waals surface area (Å²) in [5, 5.41) is 3.50. The van der Waals surface area contributed by atoms with Gasteiger partial charge in [-0.3, -0.25) is 0 Å². The second-order valence-corrected chi connectivity index (χ2v) is 5.67. The second kappa shape index (κ2) is 6.41. The summed E-state index contributed by atoms with van der Waals surface area (Å²) < 4.78 is 1.16. The lowest BCUT2D eigenvalue weighted by atomic mass is 10.2. The maximum absolute atomic E-state index is 3.58. The molecule has 0 amide bonds. The smallest absolute Gasteiger partial charge is 0.0487 e. The summed E-state index contributed by atoms with van der Waals surface area (Å²) in [6.07, 6.45) is 3.99. The monoisotopic (exact) mass is 296 g/mol. The van der Waals surface area contributed by atoms with Crippen molar-refractivity contribution in [1.29, 1.82) is 0 Å². The van der Waals surface area contributed by atoms with E-state index in [0.29, 0.717) is 0 Å². The fourth-order valence-corrected chi connectivity index (χ4v) is 2.69. The third-order valence-electron chi connectivity index (χ3n) is 3.29. The molecule has 2 rings (SSSR count). The molecule has 0 unspecified atom stereocenters. The summed E-state index contributed by atoms with van der Waals surface area (Å²) in [4.78, 5) is 2.56. The van der Waals surface area contributed by atoms with Crippen LogP contribution in [-0.4, -0.2) is 31.1 Å². The highest BCUT2D eigenvalue weighted by Crippen LogP contribution is 2.23. The molecule has 94 valence electrons. The summed E-state index contributed by atoms with van der Waals surface area (Å²) in [5.74, 6) is 0. The number of hydrogen-bond acceptors (Lipinski definition) is 2. The Morgan fingerprint density at radius 1 is 1.29 bits per heavy atom. The summed E-state index contributed by atoms with van der Waals surface area (Å²) >= 11 is 3.58. The van der Waals surface area contributed by atoms with Gasteiger partial charge in [0.1, 0.15) is 0 Å². The van der Waals surface area contributed by atoms with Crippen LogP contribution in [0.5, 0.6) is 0 Å². The van der Waals surface area contributed by atoms with Crippen LogP contribution >= 0.6 is 15.9 Å². The van der Waals surface area contributed by atoms with Crippen LogP contribution in [0.25, 0.3) is 0 Å². The number of aryl methyl sites for hydroxylation is 1. The number of nitrogens with zero attached hydrogens (tertiary/aromatic N) is 1. The van der Waals surface area contributed by atoms with Gasteiger partial charge >= 0.3 is 0 Å². The third-order valence-corrected chi connectivity index (χ3v) is 3.98. The molecule has 3 heteroatoms. The Balaban J connectivity index is 1.72. The third kappa shape index (κ3) is 4.00. The van der Waals surface area contributed by atoms with E-state index >= 15 is 0 Å². The van der Waals surface area contributed by atoms with Gasteiger partial charge < -0.3 is 10.2 Å². The quantitative estimate of drug-likeness (QED) is 0.835. The predicted octanol–water partition coefficient (Wildman–Crippen LogP) is 3.66. The fourth-order valence-electron chi connectivity index (χ4n) is 2.31. The van der Waals surface area contributed by atoms with Crippen molar-refractivity contribution in [3.63, 3.8) is 0 Å². The Hall–Kier alpha value is -0.540. The highest BCUT2D eigenvalue weighted by molar-refractivity contribution is 9.10. The lowest BCUT2D eigenvalue weighted by Crippen LogP contribution is -2.22. The van der Waals surface area contributed by atoms with Gasteiger partial charge in [0.2, 0.25) is 0 Å². The maximum atomic E-state index is 3.58. The van der Waals surface area contributed by atoms with Gasteiger partial charge in [0.15, 0.2) is 0 Å². The van der Waals surface area contributed by atoms with Crippen molar-refractivity contribution in [3.8, 4) is 0 Å². The Labute approximate surface area is 113 Å². The van der Waals surface area contributed by atoms with Gasteiger partial charge in [0.25, 0.3) is 0 Å². The van der Waals surface area contributed by atoms with Crippen LogP contribution in [0.15, 0.2) is 22.7 Å². The summed E-state index contributed by atoms with van der Waals surface area (Å²) in [6, 6.07) is 6.43. The molecule has 1 fully saturated rings. The largest absolute Gasteiger partial charge is 0.384 e. The molecule has 17 heavy (non-hydrogen) atoms. The number of likely N-dealkylation sites (tertiary alicyclic amines) is 1. The van der Waals surface area contributed by atoms with E-state index in [4.69, 9.17) is 0 Å². The van der Waals surface area contributed by atoms with Gasteiger partial charge in [0, 0.05) is 16.7 Å². The zero-order chi connectivity index (χ0) is 12.1. The number of rotatable bonds is 5. The zero-order valence-corrected chi connectivity index (χ0v) is 12.1. The number of halogens is 1. The Kier molecular flexibility index (Phi) is 4.86. The Bertz CT molecular complexity index is 359. The number of anilines is 1. The molecule has 0 saturated carbocycles. The topological polar surface area (TPSA) is 15.3 Å². The van der Waals surface area contributed by atoms with E-state index in [0.717, 1.165) is 11.0 Å². The van der Waals surface area contributed by atoms with Crippen molar-refractivity contribution >= 4 is 21.6 Å². The van der Waals surface area contributed by atoms with Gasteiger partial charge in [-0.25, -0.2) is 0 Å². The van der Waals surface area contributed by atoms with Gasteiger partial charge in [-0.1, -0.05) is 6.07 Å². The number of nitrogens with one attached hydrogen (secondary N) is 1. The molecule has 0 radical (unpaired) electrons. The Morgan fingerprint density at radius 3 is 2.82 bits per heavy atom. The molecule has 1 N–H and O–H groups in total. The van der Waals surface area contributed by atoms with E-state index in [1.165, 1.54) is 50.1 Å². The molecule has 0 aromatic heterocycles. The van der Waals surface area contributed by atoms with E-state index < -0.39 is 0 Å². The van der Waals surface area contributed by atoms with Crippen LogP contribution in [-0.2, 0) is 0 Å². The normalized spacial score (nSPS) is 16.4. The fraction of sp³-hybridized carbons (Fsp3) is 0.571. The molecule has 1 saturated heterocycles. The average Bonchev–Trinajstić information content (AvgIpc) is 2.82. The molecule has 1 aliphatic rings. The molecular weight excluding hydrogens is 276 g/mol. The molecule has 0 spiro atoms. The van der Waals surface area contributed by atoms with Gasteiger partial charge in [0.05, 0.1) is 0 Å². The van der Waals surface area contributed by atoms with Crippen LogP contribution in [0.4, 0.5) is 5.69 Å². The van der Waals surface area contributed by atoms with Crippen molar-refractivity contribution in [2.45, 2.75) is 26.2 Å². The molecular formula is C14H21BrN2. The first kappa shape index (κ1) is 12.9. The molecule has 0 aliphatic carbocycles. The van der Waals surface area contributed by atoms with Crippen molar-refractivity contribution in [3.05, 3.63) is 28.2 Å². The highest BCUT2D eigenvalue weighted by atomic mass is 79.9. The van der Waals surface area contributed by atoms with Gasteiger partial charge in [-0.05, 0) is 79.4 Å². The lowest BCUT2D eigenvalue weighted by Gasteiger charge is -2.15. The van der Waals surface area contributed by atoms with Crippen LogP contribution in [0.3, 0.4) is 0 Å². The first-order valence-corrected chi connectivity index (χ1v) is 7.27. The Morgan fingerprint density at radius 2 is 2.06 bits per heavy atom. The predicted molar refractivity (Wildman–Crippen MR) is 77.7 cm³/mol. The zero-order valence-electron chi connectivity index (χ0n) is 10.5. The molecule has 1 aliphatic heterocycles. The van der Waals surface area contributed by atoms with E-state index in [9.17, 15) is 0 Å². The first-order valence-electron chi connectivity index (χ1n) is 6.48. The van der Waals surface area contributed by atoms with E-state index in [-0.39, 0.29) is 0 Å². The number of benzene rings is 1. The number of hydrogen-bond donors (Lipinski definition) is 1. The standard InChI is InChI=1S/C14H21BrN2/c1-12-5-6-13(15)14(11-12)16-7-4-10-17-8-2-3-9-17/h5-6,11,16H,2-4,7-10H2,1H3. The highest BCUT2D eigenvalue weighted by Gasteiger charge is 2.10. The van der Waals surface area contributed by atoms with Crippen LogP contribution in [0.2, 0.25) is 0 Å². The van der Waals surface area contributed by atoms with E-state index in [1.807, 2.05) is 0 Å². The second-order valence-electron chi connectivity index (χ2n) is 4.81. The molecule has 1 heterocycles. The minimum atomic E-state index is 1.05. The van der Waals surface area contributed by atoms with E-state index in [2.05, 4.69) is 51.3 Å². The van der Waals surface area contributed by atoms with Crippen LogP contribution in [0.1, 0.15) is 24.8 Å². The maximum Gasteiger partial charge on any atom is 0.0487 e. The van der Waals surface area contributed by atoms with Crippen molar-refractivity contribution in [2.75, 3.05) is 31.5 Å². The van der Waals surface area contributed by atoms with Crippen LogP contribution in [0, 0.1) is 6.92 Å². The summed E-state index contributed by atoms with van der Waals surface area (Å²) in [6.45, 7) is 7.01. The summed E-state index contributed by atoms with van der Waals surface area (Å²) in [7, 11) is 0. The molecule has 1 aromatic carbocycles. The van der Waals surface area contributed by atoms with Crippen LogP contribution < -0.4 is 5.32 Å². The first-order chi connectivity index (χ1) is 8.25.